The Morgan fingerprint density at radius 2 is 2.18 bits per heavy atom. The minimum absolute atomic E-state index is 0.0940. The van der Waals surface area contributed by atoms with E-state index in [1.54, 1.807) is 11.9 Å². The standard InChI is InChI=1S/C10H16N6O/c1-7-9(14-11)12-6-13-10(7)16-4-3-15(2)8(17)5-16/h6H,3-5,11H2,1-2H3,(H,12,13,14). The van der Waals surface area contributed by atoms with Gasteiger partial charge in [-0.05, 0) is 6.92 Å². The van der Waals surface area contributed by atoms with Gasteiger partial charge in [-0.25, -0.2) is 15.8 Å². The maximum absolute atomic E-state index is 11.6. The number of nitrogens with two attached hydrogens (primary N) is 1. The van der Waals surface area contributed by atoms with Gasteiger partial charge in [0.1, 0.15) is 18.0 Å². The summed E-state index contributed by atoms with van der Waals surface area (Å²) >= 11 is 0. The third kappa shape index (κ3) is 2.14. The van der Waals surface area contributed by atoms with Crippen LogP contribution in [0.2, 0.25) is 0 Å². The highest BCUT2D eigenvalue weighted by atomic mass is 16.2. The fourth-order valence-corrected chi connectivity index (χ4v) is 1.84. The molecule has 0 spiro atoms. The molecular formula is C10H16N6O. The molecule has 1 fully saturated rings. The Morgan fingerprint density at radius 1 is 1.41 bits per heavy atom. The monoisotopic (exact) mass is 236 g/mol. The first-order chi connectivity index (χ1) is 8.13. The summed E-state index contributed by atoms with van der Waals surface area (Å²) in [5, 5.41) is 0. The van der Waals surface area contributed by atoms with Gasteiger partial charge in [0.2, 0.25) is 5.91 Å². The van der Waals surface area contributed by atoms with E-state index in [9.17, 15) is 4.79 Å². The lowest BCUT2D eigenvalue weighted by atomic mass is 10.2. The van der Waals surface area contributed by atoms with Crippen LogP contribution >= 0.6 is 0 Å². The summed E-state index contributed by atoms with van der Waals surface area (Å²) in [6.07, 6.45) is 1.44. The third-order valence-corrected chi connectivity index (χ3v) is 2.95. The van der Waals surface area contributed by atoms with E-state index in [1.165, 1.54) is 6.33 Å². The normalized spacial score (nSPS) is 16.3. The highest BCUT2D eigenvalue weighted by Crippen LogP contribution is 2.22. The van der Waals surface area contributed by atoms with E-state index in [0.717, 1.165) is 17.9 Å². The molecule has 0 aliphatic carbocycles. The quantitative estimate of drug-likeness (QED) is 0.524. The zero-order valence-electron chi connectivity index (χ0n) is 9.97. The molecular weight excluding hydrogens is 220 g/mol. The van der Waals surface area contributed by atoms with E-state index in [-0.39, 0.29) is 5.91 Å². The van der Waals surface area contributed by atoms with Crippen molar-refractivity contribution in [1.82, 2.24) is 14.9 Å². The summed E-state index contributed by atoms with van der Waals surface area (Å²) < 4.78 is 0. The second kappa shape index (κ2) is 4.54. The van der Waals surface area contributed by atoms with E-state index in [0.29, 0.717) is 18.9 Å². The van der Waals surface area contributed by atoms with Crippen LogP contribution in [0.5, 0.6) is 0 Å². The van der Waals surface area contributed by atoms with Crippen LogP contribution in [0, 0.1) is 6.92 Å². The van der Waals surface area contributed by atoms with E-state index < -0.39 is 0 Å². The number of hydrogen-bond acceptors (Lipinski definition) is 6. The van der Waals surface area contributed by atoms with Crippen molar-refractivity contribution in [3.63, 3.8) is 0 Å². The smallest absolute Gasteiger partial charge is 0.241 e. The highest BCUT2D eigenvalue weighted by molar-refractivity contribution is 5.82. The van der Waals surface area contributed by atoms with E-state index in [1.807, 2.05) is 11.8 Å². The fraction of sp³-hybridized carbons (Fsp3) is 0.500. The Bertz CT molecular complexity index is 435. The summed E-state index contributed by atoms with van der Waals surface area (Å²) in [5.74, 6) is 6.80. The lowest BCUT2D eigenvalue weighted by Crippen LogP contribution is -2.49. The molecule has 1 aromatic heterocycles. The number of carbonyl (C=O) groups is 1. The number of rotatable bonds is 2. The molecule has 0 atom stereocenters. The van der Waals surface area contributed by atoms with Crippen molar-refractivity contribution in [2.45, 2.75) is 6.92 Å². The van der Waals surface area contributed by atoms with Crippen molar-refractivity contribution in [3.8, 4) is 0 Å². The maximum Gasteiger partial charge on any atom is 0.241 e. The van der Waals surface area contributed by atoms with Crippen LogP contribution in [0.25, 0.3) is 0 Å². The average molecular weight is 236 g/mol. The van der Waals surface area contributed by atoms with Gasteiger partial charge in [-0.1, -0.05) is 0 Å². The number of hydrazine groups is 1. The highest BCUT2D eigenvalue weighted by Gasteiger charge is 2.23. The van der Waals surface area contributed by atoms with Gasteiger partial charge in [0.25, 0.3) is 0 Å². The van der Waals surface area contributed by atoms with Crippen LogP contribution in [-0.4, -0.2) is 47.5 Å². The Balaban J connectivity index is 2.26. The largest absolute Gasteiger partial charge is 0.345 e. The predicted octanol–water partition coefficient (Wildman–Crippen LogP) is -0.651. The van der Waals surface area contributed by atoms with E-state index in [4.69, 9.17) is 5.84 Å². The molecule has 1 aliphatic rings. The molecule has 0 unspecified atom stereocenters. The number of anilines is 2. The van der Waals surface area contributed by atoms with Gasteiger partial charge in [-0.2, -0.15) is 0 Å². The molecule has 3 N–H and O–H groups in total. The summed E-state index contributed by atoms with van der Waals surface area (Å²) in [5.41, 5.74) is 3.38. The predicted molar refractivity (Wildman–Crippen MR) is 64.4 cm³/mol. The maximum atomic E-state index is 11.6. The zero-order chi connectivity index (χ0) is 12.4. The lowest BCUT2D eigenvalue weighted by molar-refractivity contribution is -0.129. The number of piperazine rings is 1. The Kier molecular flexibility index (Phi) is 3.10. The van der Waals surface area contributed by atoms with Crippen LogP contribution in [0.3, 0.4) is 0 Å². The first kappa shape index (κ1) is 11.6. The van der Waals surface area contributed by atoms with Gasteiger partial charge < -0.3 is 15.2 Å². The van der Waals surface area contributed by atoms with Gasteiger partial charge >= 0.3 is 0 Å². The SMILES string of the molecule is Cc1c(NN)ncnc1N1CCN(C)C(=O)C1. The van der Waals surface area contributed by atoms with Crippen LogP contribution in [0.15, 0.2) is 6.33 Å². The van der Waals surface area contributed by atoms with E-state index >= 15 is 0 Å². The Hall–Kier alpha value is -1.89. The number of nitrogen functional groups attached to an aromatic ring is 1. The minimum atomic E-state index is 0.0940. The summed E-state index contributed by atoms with van der Waals surface area (Å²) in [4.78, 5) is 23.5. The molecule has 0 radical (unpaired) electrons. The molecule has 7 heteroatoms. The third-order valence-electron chi connectivity index (χ3n) is 2.95. The summed E-state index contributed by atoms with van der Waals surface area (Å²) in [6, 6.07) is 0. The van der Waals surface area contributed by atoms with Gasteiger partial charge in [0, 0.05) is 25.7 Å². The van der Waals surface area contributed by atoms with Gasteiger partial charge in [0.05, 0.1) is 6.54 Å². The van der Waals surface area contributed by atoms with Crippen LogP contribution in [0.4, 0.5) is 11.6 Å². The topological polar surface area (TPSA) is 87.4 Å². The molecule has 0 saturated carbocycles. The molecule has 0 aromatic carbocycles. The summed E-state index contributed by atoms with van der Waals surface area (Å²) in [7, 11) is 1.80. The van der Waals surface area contributed by atoms with Crippen LogP contribution < -0.4 is 16.2 Å². The number of nitrogens with one attached hydrogen (secondary N) is 1. The number of carbonyl (C=O) groups excluding carboxylic acids is 1. The second-order valence-corrected chi connectivity index (χ2v) is 4.05. The molecule has 2 rings (SSSR count). The molecule has 2 heterocycles. The molecule has 1 aromatic rings. The minimum Gasteiger partial charge on any atom is -0.345 e. The van der Waals surface area contributed by atoms with Crippen LogP contribution in [0.1, 0.15) is 5.56 Å². The van der Waals surface area contributed by atoms with Crippen molar-refractivity contribution in [3.05, 3.63) is 11.9 Å². The fourth-order valence-electron chi connectivity index (χ4n) is 1.84. The molecule has 1 saturated heterocycles. The Labute approximate surface area is 99.6 Å². The Morgan fingerprint density at radius 3 is 2.82 bits per heavy atom. The molecule has 1 aliphatic heterocycles. The number of aromatic nitrogens is 2. The lowest BCUT2D eigenvalue weighted by Gasteiger charge is -2.33. The van der Waals surface area contributed by atoms with Gasteiger partial charge in [0.15, 0.2) is 0 Å². The molecule has 17 heavy (non-hydrogen) atoms. The van der Waals surface area contributed by atoms with Gasteiger partial charge in [-0.3, -0.25) is 4.79 Å². The first-order valence-electron chi connectivity index (χ1n) is 5.40. The first-order valence-corrected chi connectivity index (χ1v) is 5.40. The molecule has 7 nitrogen and oxygen atoms in total. The number of hydrogen-bond donors (Lipinski definition) is 2. The van der Waals surface area contributed by atoms with Crippen molar-refractivity contribution < 1.29 is 4.79 Å². The van der Waals surface area contributed by atoms with Crippen molar-refractivity contribution in [1.29, 1.82) is 0 Å². The van der Waals surface area contributed by atoms with Crippen molar-refractivity contribution >= 4 is 17.5 Å². The van der Waals surface area contributed by atoms with Crippen molar-refractivity contribution in [2.24, 2.45) is 5.84 Å². The number of nitrogens with zero attached hydrogens (tertiary/aromatic N) is 4. The molecule has 0 bridgehead atoms. The molecule has 92 valence electrons. The van der Waals surface area contributed by atoms with Crippen LogP contribution in [-0.2, 0) is 4.79 Å². The summed E-state index contributed by atoms with van der Waals surface area (Å²) in [6.45, 7) is 3.70. The average Bonchev–Trinajstić information content (AvgIpc) is 2.33. The molecule has 1 amide bonds. The zero-order valence-corrected chi connectivity index (χ0v) is 9.97. The number of amides is 1. The van der Waals surface area contributed by atoms with E-state index in [2.05, 4.69) is 15.4 Å². The van der Waals surface area contributed by atoms with Gasteiger partial charge in [-0.15, -0.1) is 0 Å². The van der Waals surface area contributed by atoms with Crippen molar-refractivity contribution in [2.75, 3.05) is 37.0 Å². The number of likely N-dealkylation sites (N-methyl/N-ethyl adjacent to an activating group) is 1. The second-order valence-electron chi connectivity index (χ2n) is 4.05.